The predicted octanol–water partition coefficient (Wildman–Crippen LogP) is 4.54. The van der Waals surface area contributed by atoms with E-state index in [2.05, 4.69) is 40.1 Å². The lowest BCUT2D eigenvalue weighted by molar-refractivity contribution is 0.0724. The van der Waals surface area contributed by atoms with Crippen molar-refractivity contribution in [2.45, 2.75) is 39.2 Å². The molecule has 0 saturated carbocycles. The first kappa shape index (κ1) is 24.7. The third kappa shape index (κ3) is 7.58. The summed E-state index contributed by atoms with van der Waals surface area (Å²) in [4.78, 5) is 20.4. The van der Waals surface area contributed by atoms with Crippen molar-refractivity contribution in [1.29, 1.82) is 0 Å². The zero-order valence-corrected chi connectivity index (χ0v) is 21.0. The highest BCUT2D eigenvalue weighted by atomic mass is 127. The van der Waals surface area contributed by atoms with Gasteiger partial charge in [-0.2, -0.15) is 0 Å². The Morgan fingerprint density at radius 3 is 2.67 bits per heavy atom. The molecule has 2 aromatic rings. The molecule has 2 N–H and O–H groups in total. The highest BCUT2D eigenvalue weighted by molar-refractivity contribution is 14.0. The number of nitrogens with zero attached hydrogens (tertiary/aromatic N) is 2. The molecule has 1 aromatic heterocycles. The van der Waals surface area contributed by atoms with Crippen LogP contribution in [-0.2, 0) is 13.0 Å². The Morgan fingerprint density at radius 1 is 1.17 bits per heavy atom. The number of carbonyl (C=O) groups is 1. The minimum atomic E-state index is 0. The first-order chi connectivity index (χ1) is 14.2. The molecule has 0 bridgehead atoms. The maximum atomic E-state index is 12.7. The van der Waals surface area contributed by atoms with Crippen LogP contribution < -0.4 is 10.6 Å². The maximum absolute atomic E-state index is 12.7. The van der Waals surface area contributed by atoms with Gasteiger partial charge in [-0.15, -0.1) is 35.3 Å². The average molecular weight is 541 g/mol. The normalized spacial score (nSPS) is 15.3. The van der Waals surface area contributed by atoms with Gasteiger partial charge in [0, 0.05) is 43.7 Å². The van der Waals surface area contributed by atoms with Crippen LogP contribution in [0.1, 0.15) is 47.0 Å². The minimum Gasteiger partial charge on any atom is -0.356 e. The van der Waals surface area contributed by atoms with E-state index in [-0.39, 0.29) is 29.9 Å². The zero-order chi connectivity index (χ0) is 20.5. The summed E-state index contributed by atoms with van der Waals surface area (Å²) in [5.41, 5.74) is 1.86. The number of rotatable bonds is 7. The molecule has 0 spiro atoms. The van der Waals surface area contributed by atoms with Crippen LogP contribution in [0.15, 0.2) is 46.8 Å². The van der Waals surface area contributed by atoms with Crippen LogP contribution in [0.5, 0.6) is 0 Å². The molecule has 1 aliphatic heterocycles. The second-order valence-electron chi connectivity index (χ2n) is 7.75. The molecule has 1 aliphatic rings. The van der Waals surface area contributed by atoms with Crippen molar-refractivity contribution in [2.75, 3.05) is 26.7 Å². The van der Waals surface area contributed by atoms with Gasteiger partial charge < -0.3 is 15.5 Å². The molecular formula is C23H33IN4OS. The van der Waals surface area contributed by atoms with E-state index in [1.807, 2.05) is 40.5 Å². The van der Waals surface area contributed by atoms with Gasteiger partial charge in [0.05, 0.1) is 0 Å². The highest BCUT2D eigenvalue weighted by Gasteiger charge is 2.18. The molecule has 3 rings (SSSR count). The molecule has 1 fully saturated rings. The van der Waals surface area contributed by atoms with E-state index in [4.69, 9.17) is 0 Å². The fourth-order valence-corrected chi connectivity index (χ4v) is 4.49. The monoisotopic (exact) mass is 540 g/mol. The Kier molecular flexibility index (Phi) is 10.6. The number of guanidine groups is 1. The lowest BCUT2D eigenvalue weighted by Gasteiger charge is -2.26. The largest absolute Gasteiger partial charge is 0.356 e. The smallest absolute Gasteiger partial charge is 0.253 e. The number of hydrogen-bond acceptors (Lipinski definition) is 3. The van der Waals surface area contributed by atoms with E-state index in [0.717, 1.165) is 56.0 Å². The van der Waals surface area contributed by atoms with Crippen molar-refractivity contribution in [3.05, 3.63) is 57.8 Å². The van der Waals surface area contributed by atoms with Crippen molar-refractivity contribution < 1.29 is 4.79 Å². The average Bonchev–Trinajstić information content (AvgIpc) is 3.27. The van der Waals surface area contributed by atoms with E-state index in [0.29, 0.717) is 12.5 Å². The van der Waals surface area contributed by atoms with Gasteiger partial charge in [0.15, 0.2) is 5.96 Å². The molecule has 1 saturated heterocycles. The van der Waals surface area contributed by atoms with Gasteiger partial charge in [0.1, 0.15) is 0 Å². The van der Waals surface area contributed by atoms with Crippen LogP contribution in [0, 0.1) is 5.92 Å². The molecule has 0 radical (unpaired) electrons. The Bertz CT molecular complexity index is 803. The predicted molar refractivity (Wildman–Crippen MR) is 137 cm³/mol. The molecule has 1 amide bonds. The second-order valence-corrected chi connectivity index (χ2v) is 8.78. The Hall–Kier alpha value is -1.61. The summed E-state index contributed by atoms with van der Waals surface area (Å²) in [6, 6.07) is 12.2. The van der Waals surface area contributed by atoms with E-state index < -0.39 is 0 Å². The Morgan fingerprint density at radius 2 is 1.97 bits per heavy atom. The summed E-state index contributed by atoms with van der Waals surface area (Å²) in [5, 5.41) is 8.90. The number of benzene rings is 1. The minimum absolute atomic E-state index is 0. The number of likely N-dealkylation sites (tertiary alicyclic amines) is 1. The molecule has 1 aromatic carbocycles. The molecule has 1 unspecified atom stereocenters. The van der Waals surface area contributed by atoms with Crippen LogP contribution in [0.4, 0.5) is 0 Å². The molecule has 5 nitrogen and oxygen atoms in total. The number of halogens is 1. The van der Waals surface area contributed by atoms with Crippen molar-refractivity contribution in [2.24, 2.45) is 10.9 Å². The Balaban J connectivity index is 0.00000320. The van der Waals surface area contributed by atoms with Gasteiger partial charge in [0.25, 0.3) is 5.91 Å². The number of hydrogen-bond donors (Lipinski definition) is 2. The van der Waals surface area contributed by atoms with Crippen molar-refractivity contribution >= 4 is 47.2 Å². The third-order valence-electron chi connectivity index (χ3n) is 5.25. The van der Waals surface area contributed by atoms with Crippen molar-refractivity contribution in [3.63, 3.8) is 0 Å². The quantitative estimate of drug-likeness (QED) is 0.308. The molecular weight excluding hydrogens is 507 g/mol. The summed E-state index contributed by atoms with van der Waals surface area (Å²) in [6.45, 7) is 5.50. The van der Waals surface area contributed by atoms with E-state index in [1.165, 1.54) is 11.3 Å². The van der Waals surface area contributed by atoms with Crippen LogP contribution >= 0.6 is 35.3 Å². The molecule has 2 heterocycles. The van der Waals surface area contributed by atoms with Crippen LogP contribution in [0.25, 0.3) is 0 Å². The molecule has 7 heteroatoms. The molecule has 1 atom stereocenters. The molecule has 164 valence electrons. The number of amides is 1. The first-order valence-corrected chi connectivity index (χ1v) is 11.4. The van der Waals surface area contributed by atoms with Gasteiger partial charge >= 0.3 is 0 Å². The summed E-state index contributed by atoms with van der Waals surface area (Å²) >= 11 is 1.81. The summed E-state index contributed by atoms with van der Waals surface area (Å²) in [5.74, 6) is 1.46. The Labute approximate surface area is 201 Å². The van der Waals surface area contributed by atoms with Gasteiger partial charge in [-0.05, 0) is 60.7 Å². The molecule has 30 heavy (non-hydrogen) atoms. The second kappa shape index (κ2) is 12.9. The van der Waals surface area contributed by atoms with E-state index >= 15 is 0 Å². The standard InChI is InChI=1S/C23H32N4OS.HI/c1-18(14-21-10-7-13-29-21)16-25-23(24-2)26-17-19-8-6-9-20(15-19)22(28)27-11-4-3-5-12-27;/h6-10,13,15,18H,3-5,11-12,14,16-17H2,1-2H3,(H2,24,25,26);1H. The van der Waals surface area contributed by atoms with Gasteiger partial charge in [-0.1, -0.05) is 25.1 Å². The number of carbonyl (C=O) groups excluding carboxylic acids is 1. The van der Waals surface area contributed by atoms with Crippen molar-refractivity contribution in [3.8, 4) is 0 Å². The first-order valence-electron chi connectivity index (χ1n) is 10.5. The lowest BCUT2D eigenvalue weighted by Crippen LogP contribution is -2.39. The van der Waals surface area contributed by atoms with Crippen molar-refractivity contribution in [1.82, 2.24) is 15.5 Å². The number of thiophene rings is 1. The zero-order valence-electron chi connectivity index (χ0n) is 17.9. The number of nitrogens with one attached hydrogen (secondary N) is 2. The van der Waals surface area contributed by atoms with Crippen LogP contribution in [0.2, 0.25) is 0 Å². The van der Waals surface area contributed by atoms with Gasteiger partial charge in [-0.25, -0.2) is 0 Å². The lowest BCUT2D eigenvalue weighted by atomic mass is 10.1. The third-order valence-corrected chi connectivity index (χ3v) is 6.15. The van der Waals surface area contributed by atoms with Gasteiger partial charge in [0.2, 0.25) is 0 Å². The van der Waals surface area contributed by atoms with E-state index in [9.17, 15) is 4.79 Å². The fourth-order valence-electron chi connectivity index (χ4n) is 3.62. The number of aliphatic imine (C=N–C) groups is 1. The van der Waals surface area contributed by atoms with E-state index in [1.54, 1.807) is 7.05 Å². The molecule has 0 aliphatic carbocycles. The fraction of sp³-hybridized carbons (Fsp3) is 0.478. The number of piperidine rings is 1. The SMILES string of the molecule is CN=C(NCc1cccc(C(=O)N2CCCCC2)c1)NCC(C)Cc1cccs1.I. The van der Waals surface area contributed by atoms with Gasteiger partial charge in [-0.3, -0.25) is 9.79 Å². The maximum Gasteiger partial charge on any atom is 0.253 e. The highest BCUT2D eigenvalue weighted by Crippen LogP contribution is 2.15. The summed E-state index contributed by atoms with van der Waals surface area (Å²) in [6.07, 6.45) is 4.52. The summed E-state index contributed by atoms with van der Waals surface area (Å²) in [7, 11) is 1.79. The van der Waals surface area contributed by atoms with Crippen LogP contribution in [-0.4, -0.2) is 43.4 Å². The topological polar surface area (TPSA) is 56.7 Å². The van der Waals surface area contributed by atoms with Crippen LogP contribution in [0.3, 0.4) is 0 Å². The summed E-state index contributed by atoms with van der Waals surface area (Å²) < 4.78 is 0.